The number of nitrogens with two attached hydrogens (primary N) is 1. The summed E-state index contributed by atoms with van der Waals surface area (Å²) in [7, 11) is 0. The lowest BCUT2D eigenvalue weighted by Gasteiger charge is -2.14. The van der Waals surface area contributed by atoms with Crippen LogP contribution in [0.3, 0.4) is 0 Å². The summed E-state index contributed by atoms with van der Waals surface area (Å²) in [5.74, 6) is 0.867. The van der Waals surface area contributed by atoms with E-state index in [0.29, 0.717) is 6.54 Å². The van der Waals surface area contributed by atoms with Gasteiger partial charge in [0.25, 0.3) is 5.56 Å². The number of rotatable bonds is 4. The van der Waals surface area contributed by atoms with E-state index in [-0.39, 0.29) is 30.4 Å². The van der Waals surface area contributed by atoms with Crippen molar-refractivity contribution < 1.29 is 4.74 Å². The summed E-state index contributed by atoms with van der Waals surface area (Å²) in [6.45, 7) is 0.896. The lowest BCUT2D eigenvalue weighted by atomic mass is 10.1. The van der Waals surface area contributed by atoms with E-state index in [0.717, 1.165) is 22.3 Å². The molecule has 1 atom stereocenters. The summed E-state index contributed by atoms with van der Waals surface area (Å²) < 4.78 is 8.49. The number of para-hydroxylation sites is 1. The van der Waals surface area contributed by atoms with Crippen molar-refractivity contribution in [3.05, 3.63) is 62.9 Å². The fourth-order valence-corrected chi connectivity index (χ4v) is 2.61. The van der Waals surface area contributed by atoms with E-state index in [1.165, 1.54) is 16.8 Å². The molecule has 0 amide bonds. The summed E-state index contributed by atoms with van der Waals surface area (Å²) in [6.07, 6.45) is 2.19. The van der Waals surface area contributed by atoms with E-state index in [1.54, 1.807) is 0 Å². The molecule has 2 heterocycles. The van der Waals surface area contributed by atoms with Crippen LogP contribution in [0.1, 0.15) is 5.56 Å². The Balaban J connectivity index is 1.83. The van der Waals surface area contributed by atoms with Gasteiger partial charge in [0, 0.05) is 31.8 Å². The first-order chi connectivity index (χ1) is 10.2. The predicted octanol–water partition coefficient (Wildman–Crippen LogP) is -0.0276. The van der Waals surface area contributed by atoms with Crippen LogP contribution in [0.25, 0.3) is 0 Å². The van der Waals surface area contributed by atoms with Gasteiger partial charge in [0.15, 0.2) is 0 Å². The molecule has 0 spiro atoms. The first-order valence-electron chi connectivity index (χ1n) is 6.94. The van der Waals surface area contributed by atoms with Crippen molar-refractivity contribution >= 4 is 0 Å². The fraction of sp³-hybridized carbons (Fsp3) is 0.333. The minimum absolute atomic E-state index is 0.0936. The molecule has 2 aromatic rings. The first kappa shape index (κ1) is 13.6. The molecule has 1 aliphatic heterocycles. The number of ether oxygens (including phenoxy) is 1. The van der Waals surface area contributed by atoms with Crippen molar-refractivity contribution in [3.8, 4) is 5.75 Å². The van der Waals surface area contributed by atoms with Gasteiger partial charge in [-0.1, -0.05) is 18.2 Å². The van der Waals surface area contributed by atoms with E-state index >= 15 is 0 Å². The Morgan fingerprint density at radius 1 is 1.24 bits per heavy atom. The topological polar surface area (TPSA) is 79.2 Å². The Morgan fingerprint density at radius 3 is 2.81 bits per heavy atom. The molecule has 110 valence electrons. The molecular weight excluding hydrogens is 270 g/mol. The zero-order chi connectivity index (χ0) is 14.8. The molecule has 2 N–H and O–H groups in total. The fourth-order valence-electron chi connectivity index (χ4n) is 2.61. The molecule has 0 fully saturated rings. The molecule has 0 radical (unpaired) electrons. The molecule has 0 saturated heterocycles. The summed E-state index contributed by atoms with van der Waals surface area (Å²) in [5, 5.41) is 0. The zero-order valence-electron chi connectivity index (χ0n) is 11.6. The standard InChI is InChI=1S/C15H17N3O3/c16-6-8-18-14(19)5-7-17(15(18)20)10-12-9-11-3-1-2-4-13(11)21-12/h1-5,7,12H,6,8-10,16H2. The molecule has 0 aliphatic carbocycles. The Hall–Kier alpha value is -2.34. The summed E-state index contributed by atoms with van der Waals surface area (Å²) in [5.41, 5.74) is 5.92. The van der Waals surface area contributed by atoms with Crippen LogP contribution in [0.5, 0.6) is 5.75 Å². The minimum atomic E-state index is -0.340. The molecule has 3 rings (SSSR count). The van der Waals surface area contributed by atoms with E-state index in [1.807, 2.05) is 24.3 Å². The van der Waals surface area contributed by atoms with Gasteiger partial charge in [-0.2, -0.15) is 0 Å². The quantitative estimate of drug-likeness (QED) is 0.856. The predicted molar refractivity (Wildman–Crippen MR) is 78.6 cm³/mol. The van der Waals surface area contributed by atoms with Gasteiger partial charge >= 0.3 is 5.69 Å². The molecule has 21 heavy (non-hydrogen) atoms. The highest BCUT2D eigenvalue weighted by Gasteiger charge is 2.23. The van der Waals surface area contributed by atoms with E-state index in [2.05, 4.69) is 0 Å². The van der Waals surface area contributed by atoms with E-state index in [4.69, 9.17) is 10.5 Å². The number of nitrogens with zero attached hydrogens (tertiary/aromatic N) is 2. The molecule has 1 aromatic carbocycles. The maximum atomic E-state index is 12.3. The smallest absolute Gasteiger partial charge is 0.331 e. The van der Waals surface area contributed by atoms with E-state index in [9.17, 15) is 9.59 Å². The van der Waals surface area contributed by atoms with Crippen LogP contribution in [0.15, 0.2) is 46.1 Å². The third-order valence-corrected chi connectivity index (χ3v) is 3.61. The lowest BCUT2D eigenvalue weighted by molar-refractivity contribution is 0.205. The van der Waals surface area contributed by atoms with Crippen molar-refractivity contribution in [2.24, 2.45) is 5.73 Å². The van der Waals surface area contributed by atoms with Crippen molar-refractivity contribution in [1.82, 2.24) is 9.13 Å². The van der Waals surface area contributed by atoms with Gasteiger partial charge in [-0.05, 0) is 11.6 Å². The highest BCUT2D eigenvalue weighted by molar-refractivity contribution is 5.37. The van der Waals surface area contributed by atoms with Crippen molar-refractivity contribution in [2.45, 2.75) is 25.6 Å². The Bertz CT molecular complexity index is 738. The second-order valence-electron chi connectivity index (χ2n) is 5.08. The third kappa shape index (κ3) is 2.62. The zero-order valence-corrected chi connectivity index (χ0v) is 11.6. The van der Waals surface area contributed by atoms with Gasteiger partial charge in [0.2, 0.25) is 0 Å². The monoisotopic (exact) mass is 287 g/mol. The molecule has 1 aromatic heterocycles. The molecular formula is C15H17N3O3. The van der Waals surface area contributed by atoms with Gasteiger partial charge in [0.1, 0.15) is 11.9 Å². The molecule has 1 aliphatic rings. The van der Waals surface area contributed by atoms with Gasteiger partial charge in [-0.25, -0.2) is 4.79 Å². The van der Waals surface area contributed by atoms with Crippen LogP contribution < -0.4 is 21.7 Å². The SMILES string of the molecule is NCCn1c(=O)ccn(CC2Cc3ccccc3O2)c1=O. The Labute approximate surface area is 121 Å². The summed E-state index contributed by atoms with van der Waals surface area (Å²) in [6, 6.07) is 9.23. The van der Waals surface area contributed by atoms with Crippen molar-refractivity contribution in [2.75, 3.05) is 6.54 Å². The number of aromatic nitrogens is 2. The summed E-state index contributed by atoms with van der Waals surface area (Å²) >= 11 is 0. The van der Waals surface area contributed by atoms with E-state index < -0.39 is 0 Å². The second kappa shape index (κ2) is 5.57. The lowest BCUT2D eigenvalue weighted by Crippen LogP contribution is -2.42. The molecule has 0 bridgehead atoms. The normalized spacial score (nSPS) is 16.5. The Morgan fingerprint density at radius 2 is 2.05 bits per heavy atom. The van der Waals surface area contributed by atoms with Crippen LogP contribution in [0.4, 0.5) is 0 Å². The Kier molecular flexibility index (Phi) is 3.62. The first-order valence-corrected chi connectivity index (χ1v) is 6.94. The molecule has 1 unspecified atom stereocenters. The van der Waals surface area contributed by atoms with Crippen molar-refractivity contribution in [1.29, 1.82) is 0 Å². The highest BCUT2D eigenvalue weighted by atomic mass is 16.5. The van der Waals surface area contributed by atoms with Gasteiger partial charge < -0.3 is 10.5 Å². The molecule has 6 heteroatoms. The maximum absolute atomic E-state index is 12.3. The van der Waals surface area contributed by atoms with Gasteiger partial charge in [-0.15, -0.1) is 0 Å². The van der Waals surface area contributed by atoms with Crippen LogP contribution in [0.2, 0.25) is 0 Å². The highest BCUT2D eigenvalue weighted by Crippen LogP contribution is 2.28. The number of benzene rings is 1. The van der Waals surface area contributed by atoms with Gasteiger partial charge in [0.05, 0.1) is 6.54 Å². The van der Waals surface area contributed by atoms with Crippen LogP contribution in [-0.4, -0.2) is 21.8 Å². The van der Waals surface area contributed by atoms with Crippen LogP contribution in [0, 0.1) is 0 Å². The maximum Gasteiger partial charge on any atom is 0.331 e. The van der Waals surface area contributed by atoms with Gasteiger partial charge in [-0.3, -0.25) is 13.9 Å². The average Bonchev–Trinajstić information content (AvgIpc) is 2.89. The second-order valence-corrected chi connectivity index (χ2v) is 5.08. The minimum Gasteiger partial charge on any atom is -0.488 e. The van der Waals surface area contributed by atoms with Crippen molar-refractivity contribution in [3.63, 3.8) is 0 Å². The van der Waals surface area contributed by atoms with Crippen LogP contribution >= 0.6 is 0 Å². The average molecular weight is 287 g/mol. The molecule has 6 nitrogen and oxygen atoms in total. The largest absolute Gasteiger partial charge is 0.488 e. The number of hydrogen-bond acceptors (Lipinski definition) is 4. The number of hydrogen-bond donors (Lipinski definition) is 1. The summed E-state index contributed by atoms with van der Waals surface area (Å²) in [4.78, 5) is 23.9. The third-order valence-electron chi connectivity index (χ3n) is 3.61. The number of fused-ring (bicyclic) bond motifs is 1. The molecule has 0 saturated carbocycles. The van der Waals surface area contributed by atoms with Crippen LogP contribution in [-0.2, 0) is 19.5 Å².